The fraction of sp³-hybridized carbons (Fsp3) is 0.250. The number of aromatic nitrogens is 2. The Hall–Kier alpha value is -2.45. The number of carbonyl (C=O) groups is 1. The van der Waals surface area contributed by atoms with Gasteiger partial charge in [-0.05, 0) is 5.56 Å². The van der Waals surface area contributed by atoms with Crippen LogP contribution in [0, 0.1) is 0 Å². The number of hydrogen-bond donors (Lipinski definition) is 3. The van der Waals surface area contributed by atoms with Gasteiger partial charge in [0.15, 0.2) is 0 Å². The number of hydrazine groups is 1. The summed E-state index contributed by atoms with van der Waals surface area (Å²) in [7, 11) is 3.24. The highest BCUT2D eigenvalue weighted by atomic mass is 32.2. The van der Waals surface area contributed by atoms with Gasteiger partial charge in [0.1, 0.15) is 5.70 Å². The minimum Gasteiger partial charge on any atom is -0.393 e. The second-order valence-electron chi connectivity index (χ2n) is 5.12. The Labute approximate surface area is 145 Å². The van der Waals surface area contributed by atoms with Crippen molar-refractivity contribution in [3.05, 3.63) is 59.7 Å². The van der Waals surface area contributed by atoms with Crippen molar-refractivity contribution in [2.75, 3.05) is 14.1 Å². The van der Waals surface area contributed by atoms with E-state index in [1.54, 1.807) is 19.6 Å². The number of amides is 1. The Morgan fingerprint density at radius 1 is 1.46 bits per heavy atom. The van der Waals surface area contributed by atoms with Gasteiger partial charge < -0.3 is 10.8 Å². The minimum absolute atomic E-state index is 0.0821. The number of likely N-dealkylation sites (N-methyl/N-ethyl adjacent to an activating group) is 1. The molecule has 1 aromatic carbocycles. The number of nitrogens with zero attached hydrogens (tertiary/aromatic N) is 3. The fourth-order valence-electron chi connectivity index (χ4n) is 1.93. The highest BCUT2D eigenvalue weighted by Gasteiger charge is 2.08. The summed E-state index contributed by atoms with van der Waals surface area (Å²) < 4.78 is 2.03. The molecular weight excluding hydrogens is 324 g/mol. The number of aliphatic imine (C=N–C) groups is 1. The molecule has 0 saturated carbocycles. The zero-order chi connectivity index (χ0) is 17.4. The first-order valence-electron chi connectivity index (χ1n) is 7.42. The molecule has 4 N–H and O–H groups in total. The average molecular weight is 346 g/mol. The Morgan fingerprint density at radius 2 is 2.17 bits per heavy atom. The summed E-state index contributed by atoms with van der Waals surface area (Å²) in [6.45, 7) is 0.837. The quantitative estimate of drug-likeness (QED) is 0.292. The van der Waals surface area contributed by atoms with Gasteiger partial charge in [-0.2, -0.15) is 0 Å². The highest BCUT2D eigenvalue weighted by molar-refractivity contribution is 8.11. The second-order valence-corrected chi connectivity index (χ2v) is 5.95. The minimum atomic E-state index is -0.320. The third-order valence-corrected chi connectivity index (χ3v) is 4.02. The monoisotopic (exact) mass is 346 g/mol. The van der Waals surface area contributed by atoms with Crippen LogP contribution in [0.25, 0.3) is 0 Å². The van der Waals surface area contributed by atoms with Crippen molar-refractivity contribution >= 4 is 23.2 Å². The second kappa shape index (κ2) is 8.99. The number of aromatic amines is 1. The lowest BCUT2D eigenvalue weighted by Crippen LogP contribution is -2.39. The van der Waals surface area contributed by atoms with E-state index in [1.807, 2.05) is 22.9 Å². The van der Waals surface area contributed by atoms with Crippen LogP contribution < -0.4 is 11.2 Å². The van der Waals surface area contributed by atoms with Crippen molar-refractivity contribution in [2.24, 2.45) is 10.7 Å². The normalized spacial score (nSPS) is 12.0. The molecule has 0 fully saturated rings. The number of benzene rings is 1. The van der Waals surface area contributed by atoms with Crippen molar-refractivity contribution < 1.29 is 4.79 Å². The molecule has 0 atom stereocenters. The average Bonchev–Trinajstić information content (AvgIpc) is 2.58. The van der Waals surface area contributed by atoms with E-state index in [2.05, 4.69) is 33.8 Å². The Kier molecular flexibility index (Phi) is 6.71. The summed E-state index contributed by atoms with van der Waals surface area (Å²) in [4.78, 5) is 15.7. The summed E-state index contributed by atoms with van der Waals surface area (Å²) in [6.07, 6.45) is 3.43. The van der Waals surface area contributed by atoms with Crippen LogP contribution in [0.3, 0.4) is 0 Å². The molecule has 128 valence electrons. The van der Waals surface area contributed by atoms with E-state index in [1.165, 1.54) is 28.5 Å². The van der Waals surface area contributed by atoms with Crippen LogP contribution in [0.5, 0.6) is 0 Å². The topological polar surface area (TPSA) is 91.4 Å². The van der Waals surface area contributed by atoms with E-state index >= 15 is 0 Å². The van der Waals surface area contributed by atoms with Gasteiger partial charge >= 0.3 is 0 Å². The van der Waals surface area contributed by atoms with Gasteiger partial charge in [0.25, 0.3) is 5.91 Å². The summed E-state index contributed by atoms with van der Waals surface area (Å²) in [5.41, 5.74) is 12.5. The lowest BCUT2D eigenvalue weighted by Gasteiger charge is -2.15. The Balaban J connectivity index is 1.71. The zero-order valence-corrected chi connectivity index (χ0v) is 14.6. The van der Waals surface area contributed by atoms with Crippen molar-refractivity contribution in [1.29, 1.82) is 0 Å². The largest absolute Gasteiger partial charge is 0.393 e. The maximum Gasteiger partial charge on any atom is 0.285 e. The first-order valence-corrected chi connectivity index (χ1v) is 8.47. The molecule has 0 spiro atoms. The SMILES string of the molecule is CNN(C)C(=O)/C(N)=C/N=C/SCc1cn(Cc2ccccc2)[nH]1. The molecule has 24 heavy (non-hydrogen) atoms. The molecule has 2 aromatic rings. The molecule has 1 amide bonds. The number of nitrogens with one attached hydrogen (secondary N) is 2. The van der Waals surface area contributed by atoms with E-state index in [0.29, 0.717) is 0 Å². The van der Waals surface area contributed by atoms with Crippen LogP contribution in [0.1, 0.15) is 11.3 Å². The summed E-state index contributed by atoms with van der Waals surface area (Å²) in [6, 6.07) is 10.3. The van der Waals surface area contributed by atoms with E-state index in [0.717, 1.165) is 18.0 Å². The number of hydrogen-bond acceptors (Lipinski definition) is 5. The number of carbonyl (C=O) groups excluding carboxylic acids is 1. The molecule has 0 saturated heterocycles. The third-order valence-electron chi connectivity index (χ3n) is 3.27. The van der Waals surface area contributed by atoms with Crippen LogP contribution in [-0.2, 0) is 17.1 Å². The van der Waals surface area contributed by atoms with Crippen molar-refractivity contribution in [2.45, 2.75) is 12.3 Å². The number of thioether (sulfide) groups is 1. The van der Waals surface area contributed by atoms with E-state index < -0.39 is 0 Å². The highest BCUT2D eigenvalue weighted by Crippen LogP contribution is 2.11. The summed E-state index contributed by atoms with van der Waals surface area (Å²) in [5.74, 6) is 0.465. The molecule has 0 aliphatic rings. The van der Waals surface area contributed by atoms with Gasteiger partial charge in [0.05, 0.1) is 24.0 Å². The predicted octanol–water partition coefficient (Wildman–Crippen LogP) is 1.52. The van der Waals surface area contributed by atoms with E-state index in [-0.39, 0.29) is 11.6 Å². The lowest BCUT2D eigenvalue weighted by molar-refractivity contribution is -0.128. The predicted molar refractivity (Wildman–Crippen MR) is 98.2 cm³/mol. The maximum absolute atomic E-state index is 11.7. The van der Waals surface area contributed by atoms with Gasteiger partial charge in [-0.25, -0.2) is 5.43 Å². The van der Waals surface area contributed by atoms with Crippen LogP contribution >= 0.6 is 11.8 Å². The third kappa shape index (κ3) is 5.32. The molecule has 1 heterocycles. The van der Waals surface area contributed by atoms with E-state index in [4.69, 9.17) is 5.73 Å². The van der Waals surface area contributed by atoms with Crippen LogP contribution in [-0.4, -0.2) is 40.3 Å². The first-order chi connectivity index (χ1) is 11.6. The molecule has 8 heteroatoms. The summed E-state index contributed by atoms with van der Waals surface area (Å²) >= 11 is 1.52. The number of rotatable bonds is 8. The molecule has 2 rings (SSSR count). The molecule has 0 bridgehead atoms. The van der Waals surface area contributed by atoms with Crippen molar-refractivity contribution in [1.82, 2.24) is 20.2 Å². The molecule has 0 radical (unpaired) electrons. The van der Waals surface area contributed by atoms with Crippen LogP contribution in [0.4, 0.5) is 0 Å². The Bertz CT molecular complexity index is 691. The van der Waals surface area contributed by atoms with Gasteiger partial charge in [-0.1, -0.05) is 30.3 Å². The molecule has 0 aliphatic carbocycles. The molecule has 7 nitrogen and oxygen atoms in total. The lowest BCUT2D eigenvalue weighted by atomic mass is 10.2. The molecule has 0 unspecified atom stereocenters. The van der Waals surface area contributed by atoms with E-state index in [9.17, 15) is 4.79 Å². The maximum atomic E-state index is 11.7. The van der Waals surface area contributed by atoms with Crippen molar-refractivity contribution in [3.63, 3.8) is 0 Å². The number of H-pyrrole nitrogens is 1. The van der Waals surface area contributed by atoms with Gasteiger partial charge in [-0.3, -0.25) is 19.5 Å². The molecular formula is C16H22N6OS. The zero-order valence-electron chi connectivity index (χ0n) is 13.8. The number of nitrogens with two attached hydrogens (primary N) is 1. The Morgan fingerprint density at radius 3 is 2.83 bits per heavy atom. The standard InChI is InChI=1S/C16H22N6OS/c1-18-21(2)16(23)15(17)8-19-12-24-11-14-10-22(20-14)9-13-6-4-3-5-7-13/h3-8,10,12,18,20H,9,11,17H2,1-2H3/b15-8-,19-12+. The van der Waals surface area contributed by atoms with Gasteiger partial charge in [-0.15, -0.1) is 11.8 Å². The first kappa shape index (κ1) is 17.9. The molecule has 1 aromatic heterocycles. The fourth-order valence-corrected chi connectivity index (χ4v) is 2.47. The molecule has 0 aliphatic heterocycles. The van der Waals surface area contributed by atoms with Crippen molar-refractivity contribution in [3.8, 4) is 0 Å². The van der Waals surface area contributed by atoms with Crippen LogP contribution in [0.2, 0.25) is 0 Å². The smallest absolute Gasteiger partial charge is 0.285 e. The van der Waals surface area contributed by atoms with Gasteiger partial charge in [0, 0.05) is 26.0 Å². The van der Waals surface area contributed by atoms with Gasteiger partial charge in [0.2, 0.25) is 0 Å². The van der Waals surface area contributed by atoms with Crippen LogP contribution in [0.15, 0.2) is 53.4 Å². The summed E-state index contributed by atoms with van der Waals surface area (Å²) in [5, 5.41) is 4.56.